The zero-order valence-corrected chi connectivity index (χ0v) is 7.48. The van der Waals surface area contributed by atoms with Gasteiger partial charge < -0.3 is 0 Å². The molecule has 0 amide bonds. The van der Waals surface area contributed by atoms with Gasteiger partial charge >= 0.3 is 0 Å². The molecule has 0 atom stereocenters. The number of hydrogen-bond acceptors (Lipinski definition) is 3. The van der Waals surface area contributed by atoms with Crippen LogP contribution in [0.15, 0.2) is 17.8 Å². The van der Waals surface area contributed by atoms with Gasteiger partial charge in [0.15, 0.2) is 0 Å². The molecule has 11 heavy (non-hydrogen) atoms. The molecule has 0 radical (unpaired) electrons. The van der Waals surface area contributed by atoms with E-state index in [1.807, 2.05) is 6.92 Å². The Morgan fingerprint density at radius 1 is 1.55 bits per heavy atom. The first kappa shape index (κ1) is 8.14. The summed E-state index contributed by atoms with van der Waals surface area (Å²) in [6.07, 6.45) is 3.23. The summed E-state index contributed by atoms with van der Waals surface area (Å²) in [5.74, 6) is 0. The molecule has 1 rings (SSSR count). The summed E-state index contributed by atoms with van der Waals surface area (Å²) in [4.78, 5) is 9.40. The van der Waals surface area contributed by atoms with Gasteiger partial charge in [-0.1, -0.05) is 6.58 Å². The molecule has 0 saturated heterocycles. The summed E-state index contributed by atoms with van der Waals surface area (Å²) in [5.41, 5.74) is 1.08. The van der Waals surface area contributed by atoms with Gasteiger partial charge in [-0.25, -0.2) is 4.98 Å². The minimum absolute atomic E-state index is 0.944. The van der Waals surface area contributed by atoms with E-state index < -0.39 is 0 Å². The monoisotopic (exact) mass is 166 g/mol. The van der Waals surface area contributed by atoms with E-state index in [-0.39, 0.29) is 0 Å². The second-order valence-electron chi connectivity index (χ2n) is 2.15. The molecule has 1 aromatic rings. The Bertz CT molecular complexity index is 267. The maximum absolute atomic E-state index is 4.27. The number of nitrogens with zero attached hydrogens (tertiary/aromatic N) is 2. The zero-order valence-electron chi connectivity index (χ0n) is 6.66. The van der Waals surface area contributed by atoms with E-state index in [0.717, 1.165) is 10.7 Å². The predicted molar refractivity (Wildman–Crippen MR) is 49.4 cm³/mol. The quantitative estimate of drug-likeness (QED) is 0.619. The second-order valence-corrected chi connectivity index (χ2v) is 3.39. The average Bonchev–Trinajstić information content (AvgIpc) is 2.28. The van der Waals surface area contributed by atoms with E-state index in [1.165, 1.54) is 11.1 Å². The van der Waals surface area contributed by atoms with Crippen molar-refractivity contribution in [2.45, 2.75) is 13.8 Å². The van der Waals surface area contributed by atoms with Gasteiger partial charge in [0.2, 0.25) is 0 Å². The van der Waals surface area contributed by atoms with E-state index >= 15 is 0 Å². The van der Waals surface area contributed by atoms with Gasteiger partial charge in [-0.05, 0) is 13.8 Å². The maximum Gasteiger partial charge on any atom is 0.134 e. The Morgan fingerprint density at radius 2 is 2.27 bits per heavy atom. The minimum Gasteiger partial charge on any atom is -0.262 e. The Hall–Kier alpha value is -0.960. The van der Waals surface area contributed by atoms with E-state index in [0.29, 0.717) is 0 Å². The van der Waals surface area contributed by atoms with Crippen LogP contribution in [0.2, 0.25) is 0 Å². The lowest BCUT2D eigenvalue weighted by molar-refractivity contribution is 1.22. The molecule has 1 heterocycles. The van der Waals surface area contributed by atoms with Crippen LogP contribution >= 0.6 is 11.3 Å². The van der Waals surface area contributed by atoms with Gasteiger partial charge in [-0.3, -0.25) is 4.99 Å². The van der Waals surface area contributed by atoms with Gasteiger partial charge in [0, 0.05) is 11.1 Å². The molecule has 0 N–H and O–H groups in total. The van der Waals surface area contributed by atoms with Gasteiger partial charge in [0.1, 0.15) is 5.01 Å². The molecular weight excluding hydrogens is 156 g/mol. The van der Waals surface area contributed by atoms with E-state index in [1.54, 1.807) is 17.6 Å². The highest BCUT2D eigenvalue weighted by molar-refractivity contribution is 7.13. The summed E-state index contributed by atoms with van der Waals surface area (Å²) in [6.45, 7) is 7.53. The molecule has 0 aliphatic rings. The van der Waals surface area contributed by atoms with Crippen LogP contribution in [-0.4, -0.2) is 11.2 Å². The van der Waals surface area contributed by atoms with E-state index in [2.05, 4.69) is 23.5 Å². The first-order valence-corrected chi connectivity index (χ1v) is 4.14. The number of thiazole rings is 1. The van der Waals surface area contributed by atoms with Crippen LogP contribution in [0.25, 0.3) is 0 Å². The number of rotatable bonds is 2. The van der Waals surface area contributed by atoms with Gasteiger partial charge in [-0.15, -0.1) is 11.3 Å². The third kappa shape index (κ3) is 1.98. The average molecular weight is 166 g/mol. The normalized spacial score (nSPS) is 10.7. The molecule has 58 valence electrons. The van der Waals surface area contributed by atoms with Crippen LogP contribution in [0.3, 0.4) is 0 Å². The molecule has 0 aromatic carbocycles. The summed E-state index contributed by atoms with van der Waals surface area (Å²) >= 11 is 1.65. The maximum atomic E-state index is 4.27. The first-order valence-electron chi connectivity index (χ1n) is 3.32. The topological polar surface area (TPSA) is 25.2 Å². The summed E-state index contributed by atoms with van der Waals surface area (Å²) in [6, 6.07) is 0. The lowest BCUT2D eigenvalue weighted by Gasteiger charge is -1.77. The van der Waals surface area contributed by atoms with E-state index in [4.69, 9.17) is 0 Å². The van der Waals surface area contributed by atoms with Crippen molar-refractivity contribution in [2.75, 3.05) is 0 Å². The third-order valence-corrected chi connectivity index (χ3v) is 2.34. The first-order chi connectivity index (χ1) is 5.24. The molecule has 0 saturated carbocycles. The second kappa shape index (κ2) is 3.44. The fraction of sp³-hybridized carbons (Fsp3) is 0.250. The Balaban J connectivity index is 2.88. The number of aliphatic imine (C=N–C) groups is 1. The predicted octanol–water partition coefficient (Wildman–Crippen LogP) is 2.32. The third-order valence-electron chi connectivity index (χ3n) is 1.34. The van der Waals surface area contributed by atoms with Crippen molar-refractivity contribution in [1.29, 1.82) is 0 Å². The number of aryl methyl sites for hydroxylation is 2. The summed E-state index contributed by atoms with van der Waals surface area (Å²) in [5, 5.41) is 0.944. The van der Waals surface area contributed by atoms with Gasteiger partial charge in [0.25, 0.3) is 0 Å². The molecule has 0 spiro atoms. The summed E-state index contributed by atoms with van der Waals surface area (Å²) < 4.78 is 0. The highest BCUT2D eigenvalue weighted by Crippen LogP contribution is 2.14. The highest BCUT2D eigenvalue weighted by atomic mass is 32.1. The van der Waals surface area contributed by atoms with Crippen LogP contribution in [0.4, 0.5) is 0 Å². The number of hydrogen-bond donors (Lipinski definition) is 0. The minimum atomic E-state index is 0.944. The van der Waals surface area contributed by atoms with Crippen molar-refractivity contribution >= 4 is 17.6 Å². The van der Waals surface area contributed by atoms with Crippen LogP contribution in [0, 0.1) is 13.8 Å². The highest BCUT2D eigenvalue weighted by Gasteiger charge is 1.98. The Kier molecular flexibility index (Phi) is 2.54. The van der Waals surface area contributed by atoms with Crippen LogP contribution < -0.4 is 0 Å². The molecule has 3 heteroatoms. The SMILES string of the molecule is C=CN=Cc1nc(C)c(C)s1. The van der Waals surface area contributed by atoms with E-state index in [9.17, 15) is 0 Å². The largest absolute Gasteiger partial charge is 0.262 e. The molecule has 0 aliphatic heterocycles. The fourth-order valence-electron chi connectivity index (χ4n) is 0.669. The lowest BCUT2D eigenvalue weighted by Crippen LogP contribution is -1.77. The van der Waals surface area contributed by atoms with Crippen molar-refractivity contribution < 1.29 is 0 Å². The van der Waals surface area contributed by atoms with Crippen molar-refractivity contribution in [3.05, 3.63) is 28.4 Å². The zero-order chi connectivity index (χ0) is 8.27. The van der Waals surface area contributed by atoms with Crippen molar-refractivity contribution in [2.24, 2.45) is 4.99 Å². The molecule has 1 aromatic heterocycles. The van der Waals surface area contributed by atoms with Gasteiger partial charge in [0.05, 0.1) is 11.9 Å². The van der Waals surface area contributed by atoms with Gasteiger partial charge in [-0.2, -0.15) is 0 Å². The van der Waals surface area contributed by atoms with Crippen molar-refractivity contribution in [1.82, 2.24) is 4.98 Å². The molecule has 0 unspecified atom stereocenters. The standard InChI is InChI=1S/C8H10N2S/c1-4-9-5-8-10-6(2)7(3)11-8/h4-5H,1H2,2-3H3. The van der Waals surface area contributed by atoms with Crippen molar-refractivity contribution in [3.63, 3.8) is 0 Å². The smallest absolute Gasteiger partial charge is 0.134 e. The lowest BCUT2D eigenvalue weighted by atomic mass is 10.4. The molecule has 0 bridgehead atoms. The Morgan fingerprint density at radius 3 is 2.73 bits per heavy atom. The fourth-order valence-corrected chi connectivity index (χ4v) is 1.47. The number of aromatic nitrogens is 1. The van der Waals surface area contributed by atoms with Crippen molar-refractivity contribution in [3.8, 4) is 0 Å². The molecular formula is C8H10N2S. The molecule has 2 nitrogen and oxygen atoms in total. The van der Waals surface area contributed by atoms with Crippen LogP contribution in [0.1, 0.15) is 15.6 Å². The van der Waals surface area contributed by atoms with Crippen LogP contribution in [0.5, 0.6) is 0 Å². The Labute approximate surface area is 70.3 Å². The summed E-state index contributed by atoms with van der Waals surface area (Å²) in [7, 11) is 0. The van der Waals surface area contributed by atoms with Crippen LogP contribution in [-0.2, 0) is 0 Å². The molecule has 0 fully saturated rings. The molecule has 0 aliphatic carbocycles.